The van der Waals surface area contributed by atoms with E-state index in [1.165, 1.54) is 83.1 Å². The largest absolute Gasteiger partial charge is 0.289 e. The highest BCUT2D eigenvalue weighted by Gasteiger charge is 2.19. The Labute approximate surface area is 142 Å². The highest BCUT2D eigenvalue weighted by atomic mass is 16.2. The van der Waals surface area contributed by atoms with E-state index < -0.39 is 0 Å². The molecule has 0 spiro atoms. The van der Waals surface area contributed by atoms with Gasteiger partial charge in [-0.05, 0) is 12.8 Å². The summed E-state index contributed by atoms with van der Waals surface area (Å²) < 4.78 is 0. The molecule has 1 heterocycles. The molecule has 0 saturated heterocycles. The number of hydrogen-bond donors (Lipinski definition) is 1. The second kappa shape index (κ2) is 13.3. The van der Waals surface area contributed by atoms with Crippen LogP contribution in [-0.4, -0.2) is 11.8 Å². The van der Waals surface area contributed by atoms with Crippen LogP contribution in [0.3, 0.4) is 0 Å². The van der Waals surface area contributed by atoms with Crippen LogP contribution in [-0.2, 0) is 9.59 Å². The molecule has 1 aliphatic heterocycles. The number of carbonyl (C=O) groups is 2. The maximum atomic E-state index is 11.3. The van der Waals surface area contributed by atoms with Gasteiger partial charge in [0.2, 0.25) is 0 Å². The molecule has 132 valence electrons. The van der Waals surface area contributed by atoms with Gasteiger partial charge < -0.3 is 0 Å². The van der Waals surface area contributed by atoms with Crippen LogP contribution >= 0.6 is 0 Å². The summed E-state index contributed by atoms with van der Waals surface area (Å²) >= 11 is 0. The monoisotopic (exact) mass is 321 g/mol. The molecule has 2 amide bonds. The van der Waals surface area contributed by atoms with Gasteiger partial charge in [-0.25, -0.2) is 0 Å². The maximum absolute atomic E-state index is 11.3. The number of amides is 2. The minimum Gasteiger partial charge on any atom is -0.289 e. The van der Waals surface area contributed by atoms with Gasteiger partial charge in [-0.3, -0.25) is 14.9 Å². The Morgan fingerprint density at radius 1 is 0.696 bits per heavy atom. The lowest BCUT2D eigenvalue weighted by Crippen LogP contribution is -2.22. The molecule has 0 bridgehead atoms. The molecule has 0 unspecified atom stereocenters. The lowest BCUT2D eigenvalue weighted by molar-refractivity contribution is -0.123. The summed E-state index contributed by atoms with van der Waals surface area (Å²) in [5.41, 5.74) is 0.661. The molecule has 0 saturated carbocycles. The van der Waals surface area contributed by atoms with Crippen LogP contribution in [0.1, 0.15) is 103 Å². The second-order valence-corrected chi connectivity index (χ2v) is 6.83. The van der Waals surface area contributed by atoms with Crippen molar-refractivity contribution < 1.29 is 9.59 Å². The van der Waals surface area contributed by atoms with Gasteiger partial charge in [0, 0.05) is 11.6 Å². The topological polar surface area (TPSA) is 46.2 Å². The molecule has 1 N–H and O–H groups in total. The van der Waals surface area contributed by atoms with Crippen LogP contribution in [0.25, 0.3) is 0 Å². The Bertz CT molecular complexity index is 374. The first-order chi connectivity index (χ1) is 11.2. The smallest absolute Gasteiger partial charge is 0.254 e. The lowest BCUT2D eigenvalue weighted by Gasteiger charge is -2.03. The molecule has 0 aromatic heterocycles. The predicted octanol–water partition coefficient (Wildman–Crippen LogP) is 5.44. The molecule has 0 aromatic carbocycles. The van der Waals surface area contributed by atoms with Crippen molar-refractivity contribution in [2.45, 2.75) is 103 Å². The normalized spacial score (nSPS) is 14.2. The summed E-state index contributed by atoms with van der Waals surface area (Å²) in [6, 6.07) is 0. The van der Waals surface area contributed by atoms with Crippen LogP contribution in [0.4, 0.5) is 0 Å². The van der Waals surface area contributed by atoms with E-state index in [1.807, 2.05) is 0 Å². The van der Waals surface area contributed by atoms with E-state index in [0.29, 0.717) is 5.57 Å². The molecule has 0 aliphatic carbocycles. The first-order valence-electron chi connectivity index (χ1n) is 9.80. The highest BCUT2D eigenvalue weighted by molar-refractivity contribution is 6.16. The van der Waals surface area contributed by atoms with Crippen LogP contribution in [0.15, 0.2) is 11.6 Å². The van der Waals surface area contributed by atoms with Crippen molar-refractivity contribution in [3.63, 3.8) is 0 Å². The molecule has 0 fully saturated rings. The first-order valence-corrected chi connectivity index (χ1v) is 9.80. The zero-order chi connectivity index (χ0) is 16.8. The van der Waals surface area contributed by atoms with Gasteiger partial charge in [0.15, 0.2) is 0 Å². The maximum Gasteiger partial charge on any atom is 0.254 e. The summed E-state index contributed by atoms with van der Waals surface area (Å²) in [6.07, 6.45) is 20.9. The summed E-state index contributed by atoms with van der Waals surface area (Å²) in [7, 11) is 0. The number of hydrogen-bond acceptors (Lipinski definition) is 2. The Morgan fingerprint density at radius 3 is 1.52 bits per heavy atom. The molecule has 0 aromatic rings. The number of nitrogens with one attached hydrogen (secondary N) is 1. The summed E-state index contributed by atoms with van der Waals surface area (Å²) in [5, 5.41) is 2.30. The van der Waals surface area contributed by atoms with Crippen molar-refractivity contribution in [2.24, 2.45) is 0 Å². The van der Waals surface area contributed by atoms with E-state index in [9.17, 15) is 9.59 Å². The predicted molar refractivity (Wildman–Crippen MR) is 96.2 cm³/mol. The van der Waals surface area contributed by atoms with Crippen molar-refractivity contribution >= 4 is 11.8 Å². The number of imide groups is 1. The van der Waals surface area contributed by atoms with E-state index in [4.69, 9.17) is 0 Å². The minimum absolute atomic E-state index is 0.190. The molecule has 1 aliphatic rings. The van der Waals surface area contributed by atoms with Crippen molar-refractivity contribution in [3.8, 4) is 0 Å². The SMILES string of the molecule is CCCCCCCCCCCCCCCCC1=CC(=O)NC1=O. The quantitative estimate of drug-likeness (QED) is 0.322. The van der Waals surface area contributed by atoms with Gasteiger partial charge >= 0.3 is 0 Å². The molecular weight excluding hydrogens is 286 g/mol. The zero-order valence-electron chi connectivity index (χ0n) is 15.0. The lowest BCUT2D eigenvalue weighted by atomic mass is 10.0. The molecule has 3 nitrogen and oxygen atoms in total. The van der Waals surface area contributed by atoms with Gasteiger partial charge in [0.25, 0.3) is 11.8 Å². The van der Waals surface area contributed by atoms with E-state index in [0.717, 1.165) is 19.3 Å². The second-order valence-electron chi connectivity index (χ2n) is 6.83. The van der Waals surface area contributed by atoms with Gasteiger partial charge in [-0.15, -0.1) is 0 Å². The summed E-state index contributed by atoms with van der Waals surface area (Å²) in [6.45, 7) is 2.27. The van der Waals surface area contributed by atoms with Crippen LogP contribution in [0, 0.1) is 0 Å². The zero-order valence-corrected chi connectivity index (χ0v) is 15.0. The van der Waals surface area contributed by atoms with Gasteiger partial charge in [0.1, 0.15) is 0 Å². The van der Waals surface area contributed by atoms with Gasteiger partial charge in [-0.1, -0.05) is 90.4 Å². The summed E-state index contributed by atoms with van der Waals surface area (Å²) in [5.74, 6) is -0.444. The fourth-order valence-electron chi connectivity index (χ4n) is 3.15. The Kier molecular flexibility index (Phi) is 11.5. The van der Waals surface area contributed by atoms with Crippen molar-refractivity contribution in [3.05, 3.63) is 11.6 Å². The average Bonchev–Trinajstić information content (AvgIpc) is 2.85. The summed E-state index contributed by atoms with van der Waals surface area (Å²) in [4.78, 5) is 22.4. The van der Waals surface area contributed by atoms with E-state index >= 15 is 0 Å². The van der Waals surface area contributed by atoms with Gasteiger partial charge in [-0.2, -0.15) is 0 Å². The third kappa shape index (κ3) is 10.3. The highest BCUT2D eigenvalue weighted by Crippen LogP contribution is 2.16. The van der Waals surface area contributed by atoms with Crippen molar-refractivity contribution in [1.29, 1.82) is 0 Å². The van der Waals surface area contributed by atoms with E-state index in [2.05, 4.69) is 12.2 Å². The van der Waals surface area contributed by atoms with Crippen LogP contribution < -0.4 is 5.32 Å². The Morgan fingerprint density at radius 2 is 1.13 bits per heavy atom. The first kappa shape index (κ1) is 19.9. The molecule has 3 heteroatoms. The standard InChI is InChI=1S/C20H35NO2/c1-2-3-4-5-6-7-8-9-10-11-12-13-14-15-16-18-17-19(22)21-20(18)23/h17H,2-16H2,1H3,(H,21,22,23). The Hall–Kier alpha value is -1.12. The molecule has 23 heavy (non-hydrogen) atoms. The minimum atomic E-state index is -0.254. The van der Waals surface area contributed by atoms with Crippen molar-refractivity contribution in [1.82, 2.24) is 5.32 Å². The fourth-order valence-corrected chi connectivity index (χ4v) is 3.15. The number of unbranched alkanes of at least 4 members (excludes halogenated alkanes) is 13. The number of carbonyl (C=O) groups excluding carboxylic acids is 2. The molecular formula is C20H35NO2. The Balaban J connectivity index is 1.77. The molecule has 0 atom stereocenters. The fraction of sp³-hybridized carbons (Fsp3) is 0.800. The van der Waals surface area contributed by atoms with Crippen molar-refractivity contribution in [2.75, 3.05) is 0 Å². The third-order valence-electron chi connectivity index (χ3n) is 4.63. The number of rotatable bonds is 15. The average molecular weight is 322 g/mol. The molecule has 0 radical (unpaired) electrons. The third-order valence-corrected chi connectivity index (χ3v) is 4.63. The van der Waals surface area contributed by atoms with E-state index in [1.54, 1.807) is 0 Å². The van der Waals surface area contributed by atoms with E-state index in [-0.39, 0.29) is 11.8 Å². The molecule has 1 rings (SSSR count). The van der Waals surface area contributed by atoms with Gasteiger partial charge in [0.05, 0.1) is 0 Å². The van der Waals surface area contributed by atoms with Crippen LogP contribution in [0.2, 0.25) is 0 Å². The van der Waals surface area contributed by atoms with Crippen LogP contribution in [0.5, 0.6) is 0 Å².